The van der Waals surface area contributed by atoms with Crippen molar-refractivity contribution in [2.45, 2.75) is 57.9 Å². The molecular weight excluding hydrogens is 210 g/mol. The van der Waals surface area contributed by atoms with E-state index >= 15 is 0 Å². The summed E-state index contributed by atoms with van der Waals surface area (Å²) in [6.45, 7) is 4.43. The van der Waals surface area contributed by atoms with Crippen LogP contribution in [0.3, 0.4) is 0 Å². The first-order chi connectivity index (χ1) is 8.29. The van der Waals surface area contributed by atoms with Gasteiger partial charge in [0, 0.05) is 6.54 Å². The highest BCUT2D eigenvalue weighted by Gasteiger charge is 2.61. The summed E-state index contributed by atoms with van der Waals surface area (Å²) in [6, 6.07) is 0.230. The van der Waals surface area contributed by atoms with Gasteiger partial charge in [-0.15, -0.1) is 0 Å². The van der Waals surface area contributed by atoms with E-state index in [2.05, 4.69) is 11.8 Å². The molecule has 0 aromatic rings. The molecule has 0 aromatic heterocycles. The number of hydrogen-bond acceptors (Lipinski definition) is 2. The molecule has 1 heterocycles. The third kappa shape index (κ3) is 1.95. The van der Waals surface area contributed by atoms with Gasteiger partial charge < -0.3 is 4.79 Å². The molecule has 0 amide bonds. The molecule has 17 heavy (non-hydrogen) atoms. The average molecular weight is 235 g/mol. The van der Waals surface area contributed by atoms with Crippen molar-refractivity contribution >= 4 is 6.29 Å². The van der Waals surface area contributed by atoms with Gasteiger partial charge in [-0.2, -0.15) is 0 Å². The number of rotatable bonds is 3. The molecule has 1 unspecified atom stereocenters. The van der Waals surface area contributed by atoms with Crippen LogP contribution in [-0.4, -0.2) is 30.3 Å². The summed E-state index contributed by atoms with van der Waals surface area (Å²) in [6.07, 6.45) is 11.0. The normalized spacial score (nSPS) is 43.1. The van der Waals surface area contributed by atoms with E-state index in [1.54, 1.807) is 0 Å². The zero-order valence-electron chi connectivity index (χ0n) is 11.0. The lowest BCUT2D eigenvalue weighted by atomic mass is 9.82. The van der Waals surface area contributed by atoms with Crippen molar-refractivity contribution in [2.24, 2.45) is 17.3 Å². The molecular formula is C15H25NO. The molecule has 2 nitrogen and oxygen atoms in total. The van der Waals surface area contributed by atoms with Crippen LogP contribution in [0.15, 0.2) is 0 Å². The molecule has 96 valence electrons. The summed E-state index contributed by atoms with van der Waals surface area (Å²) in [7, 11) is 0. The Hall–Kier alpha value is -0.370. The van der Waals surface area contributed by atoms with Crippen molar-refractivity contribution in [3.05, 3.63) is 0 Å². The summed E-state index contributed by atoms with van der Waals surface area (Å²) in [5.41, 5.74) is 0.559. The minimum Gasteiger partial charge on any atom is -0.302 e. The maximum absolute atomic E-state index is 11.1. The largest absolute Gasteiger partial charge is 0.302 e. The van der Waals surface area contributed by atoms with Crippen molar-refractivity contribution in [1.29, 1.82) is 0 Å². The summed E-state index contributed by atoms with van der Waals surface area (Å²) in [4.78, 5) is 13.5. The highest BCUT2D eigenvalue weighted by molar-refractivity contribution is 5.59. The number of hydrogen-bond donors (Lipinski definition) is 0. The van der Waals surface area contributed by atoms with Crippen molar-refractivity contribution in [3.8, 4) is 0 Å². The second kappa shape index (κ2) is 4.38. The van der Waals surface area contributed by atoms with Gasteiger partial charge in [0.2, 0.25) is 0 Å². The van der Waals surface area contributed by atoms with Gasteiger partial charge in [0.05, 0.1) is 6.04 Å². The van der Waals surface area contributed by atoms with E-state index in [1.165, 1.54) is 51.4 Å². The number of aldehydes is 1. The Balaban J connectivity index is 1.64. The van der Waals surface area contributed by atoms with Crippen molar-refractivity contribution in [2.75, 3.05) is 13.1 Å². The molecule has 3 aliphatic rings. The van der Waals surface area contributed by atoms with Crippen LogP contribution in [0.4, 0.5) is 0 Å². The standard InChI is InChI=1S/C15H25NO/c1-2-16-11-15(8-13(16)10-17)9-14(15)12-6-4-3-5-7-12/h10,12-14H,2-9,11H2,1H3/t13?,14-,15-/m0/s1. The molecule has 3 fully saturated rings. The van der Waals surface area contributed by atoms with Gasteiger partial charge in [0.1, 0.15) is 6.29 Å². The molecule has 3 atom stereocenters. The average Bonchev–Trinajstić information content (AvgIpc) is 2.95. The summed E-state index contributed by atoms with van der Waals surface area (Å²) >= 11 is 0. The molecule has 2 saturated carbocycles. The molecule has 0 N–H and O–H groups in total. The summed E-state index contributed by atoms with van der Waals surface area (Å²) in [5, 5.41) is 0. The van der Waals surface area contributed by atoms with E-state index in [9.17, 15) is 4.79 Å². The number of likely N-dealkylation sites (tertiary alicyclic amines) is 1. The number of likely N-dealkylation sites (N-methyl/N-ethyl adjacent to an activating group) is 1. The Morgan fingerprint density at radius 3 is 2.59 bits per heavy atom. The molecule has 2 aliphatic carbocycles. The fourth-order valence-corrected chi connectivity index (χ4v) is 4.61. The van der Waals surface area contributed by atoms with Crippen molar-refractivity contribution in [1.82, 2.24) is 4.90 Å². The van der Waals surface area contributed by atoms with Crippen LogP contribution in [-0.2, 0) is 4.79 Å². The third-order valence-corrected chi connectivity index (χ3v) is 5.64. The van der Waals surface area contributed by atoms with Crippen LogP contribution in [0.1, 0.15) is 51.9 Å². The van der Waals surface area contributed by atoms with Gasteiger partial charge in [0.15, 0.2) is 0 Å². The third-order valence-electron chi connectivity index (χ3n) is 5.64. The maximum Gasteiger partial charge on any atom is 0.137 e. The van der Waals surface area contributed by atoms with Crippen LogP contribution in [0.5, 0.6) is 0 Å². The molecule has 0 aromatic carbocycles. The highest BCUT2D eigenvalue weighted by Crippen LogP contribution is 2.64. The number of carbonyl (C=O) groups is 1. The predicted octanol–water partition coefficient (Wildman–Crippen LogP) is 2.87. The lowest BCUT2D eigenvalue weighted by Gasteiger charge is -2.24. The minimum atomic E-state index is 0.230. The van der Waals surface area contributed by atoms with Gasteiger partial charge in [0.25, 0.3) is 0 Å². The Labute approximate surface area is 105 Å². The van der Waals surface area contributed by atoms with E-state index < -0.39 is 0 Å². The monoisotopic (exact) mass is 235 g/mol. The zero-order valence-corrected chi connectivity index (χ0v) is 11.0. The number of carbonyl (C=O) groups excluding carboxylic acids is 1. The highest BCUT2D eigenvalue weighted by atomic mass is 16.1. The van der Waals surface area contributed by atoms with Gasteiger partial charge in [-0.25, -0.2) is 0 Å². The van der Waals surface area contributed by atoms with E-state index in [0.717, 1.165) is 24.8 Å². The second-order valence-corrected chi connectivity index (χ2v) is 6.54. The molecule has 2 heteroatoms. The second-order valence-electron chi connectivity index (χ2n) is 6.54. The van der Waals surface area contributed by atoms with E-state index in [-0.39, 0.29) is 6.04 Å². The lowest BCUT2D eigenvalue weighted by molar-refractivity contribution is -0.111. The van der Waals surface area contributed by atoms with E-state index in [0.29, 0.717) is 5.41 Å². The van der Waals surface area contributed by atoms with Crippen LogP contribution in [0, 0.1) is 17.3 Å². The quantitative estimate of drug-likeness (QED) is 0.701. The molecule has 1 spiro atoms. The van der Waals surface area contributed by atoms with Crippen LogP contribution in [0.2, 0.25) is 0 Å². The molecule has 1 aliphatic heterocycles. The van der Waals surface area contributed by atoms with E-state index in [4.69, 9.17) is 0 Å². The minimum absolute atomic E-state index is 0.230. The molecule has 3 rings (SSSR count). The predicted molar refractivity (Wildman–Crippen MR) is 68.8 cm³/mol. The van der Waals surface area contributed by atoms with Gasteiger partial charge in [-0.1, -0.05) is 39.0 Å². The zero-order chi connectivity index (χ0) is 11.9. The first-order valence-corrected chi connectivity index (χ1v) is 7.48. The topological polar surface area (TPSA) is 20.3 Å². The van der Waals surface area contributed by atoms with Gasteiger partial charge in [-0.05, 0) is 36.6 Å². The maximum atomic E-state index is 11.1. The smallest absolute Gasteiger partial charge is 0.137 e. The van der Waals surface area contributed by atoms with E-state index in [1.807, 2.05) is 0 Å². The van der Waals surface area contributed by atoms with Crippen molar-refractivity contribution < 1.29 is 4.79 Å². The Bertz CT molecular complexity index is 297. The summed E-state index contributed by atoms with van der Waals surface area (Å²) < 4.78 is 0. The first-order valence-electron chi connectivity index (χ1n) is 7.48. The molecule has 0 bridgehead atoms. The number of nitrogens with zero attached hydrogens (tertiary/aromatic N) is 1. The fraction of sp³-hybridized carbons (Fsp3) is 0.933. The molecule has 0 radical (unpaired) electrons. The fourth-order valence-electron chi connectivity index (χ4n) is 4.61. The lowest BCUT2D eigenvalue weighted by Crippen LogP contribution is -2.30. The Kier molecular flexibility index (Phi) is 3.02. The Morgan fingerprint density at radius 1 is 1.24 bits per heavy atom. The van der Waals surface area contributed by atoms with Crippen molar-refractivity contribution in [3.63, 3.8) is 0 Å². The van der Waals surface area contributed by atoms with Gasteiger partial charge in [-0.3, -0.25) is 4.90 Å². The van der Waals surface area contributed by atoms with Crippen LogP contribution < -0.4 is 0 Å². The SMILES string of the molecule is CCN1C[C@]2(CC1C=O)C[C@H]2C1CCCCC1. The summed E-state index contributed by atoms with van der Waals surface area (Å²) in [5.74, 6) is 1.95. The molecule has 1 saturated heterocycles. The van der Waals surface area contributed by atoms with Gasteiger partial charge >= 0.3 is 0 Å². The van der Waals surface area contributed by atoms with Crippen LogP contribution >= 0.6 is 0 Å². The van der Waals surface area contributed by atoms with Crippen LogP contribution in [0.25, 0.3) is 0 Å². The first kappa shape index (κ1) is 11.7. The Morgan fingerprint density at radius 2 is 2.00 bits per heavy atom.